The predicted octanol–water partition coefficient (Wildman–Crippen LogP) is 4.33. The molecule has 1 aliphatic heterocycles. The molecule has 1 unspecified atom stereocenters. The summed E-state index contributed by atoms with van der Waals surface area (Å²) >= 11 is 6.22. The van der Waals surface area contributed by atoms with E-state index in [1.54, 1.807) is 0 Å². The molecule has 0 spiro atoms. The topological polar surface area (TPSA) is 74.8 Å². The summed E-state index contributed by atoms with van der Waals surface area (Å²) in [7, 11) is 0. The highest BCUT2D eigenvalue weighted by Gasteiger charge is 2.23. The number of ether oxygens (including phenoxy) is 1. The molecule has 1 fully saturated rings. The summed E-state index contributed by atoms with van der Waals surface area (Å²) in [5, 5.41) is 10.2. The lowest BCUT2D eigenvalue weighted by atomic mass is 10.2. The lowest BCUT2D eigenvalue weighted by Crippen LogP contribution is -2.36. The van der Waals surface area contributed by atoms with Gasteiger partial charge in [0.25, 0.3) is 5.91 Å². The van der Waals surface area contributed by atoms with Gasteiger partial charge in [0.05, 0.1) is 6.54 Å². The molecule has 1 amide bonds. The summed E-state index contributed by atoms with van der Waals surface area (Å²) in [6, 6.07) is 15.5. The molecule has 6 nitrogen and oxygen atoms in total. The van der Waals surface area contributed by atoms with Gasteiger partial charge < -0.3 is 20.7 Å². The van der Waals surface area contributed by atoms with Crippen molar-refractivity contribution in [2.75, 3.05) is 18.5 Å². The molecule has 8 heteroatoms. The van der Waals surface area contributed by atoms with E-state index in [0.717, 1.165) is 41.2 Å². The standard InChI is InChI=1S/C22H27ClN4O2.HI/c1-2-24-22(26-15-17-8-3-4-10-19(17)23)25-14-16-7-5-9-18(13-16)27-21(28)20-11-6-12-29-20;/h3-5,7-10,13,20H,2,6,11-12,14-15H2,1H3,(H,27,28)(H2,24,25,26);1H. The fourth-order valence-corrected chi connectivity index (χ4v) is 3.29. The fourth-order valence-electron chi connectivity index (χ4n) is 3.09. The van der Waals surface area contributed by atoms with Crippen molar-refractivity contribution in [3.05, 3.63) is 64.7 Å². The van der Waals surface area contributed by atoms with E-state index in [1.165, 1.54) is 0 Å². The molecule has 0 bridgehead atoms. The smallest absolute Gasteiger partial charge is 0.253 e. The molecule has 2 aromatic rings. The number of hydrogen-bond donors (Lipinski definition) is 3. The van der Waals surface area contributed by atoms with Gasteiger partial charge in [-0.15, -0.1) is 24.0 Å². The Morgan fingerprint density at radius 3 is 2.77 bits per heavy atom. The summed E-state index contributed by atoms with van der Waals surface area (Å²) in [4.78, 5) is 16.9. The van der Waals surface area contributed by atoms with Crippen LogP contribution in [0.2, 0.25) is 5.02 Å². The van der Waals surface area contributed by atoms with Crippen LogP contribution in [0.25, 0.3) is 0 Å². The zero-order valence-corrected chi connectivity index (χ0v) is 20.1. The monoisotopic (exact) mass is 542 g/mol. The minimum Gasteiger partial charge on any atom is -0.368 e. The van der Waals surface area contributed by atoms with E-state index in [2.05, 4.69) is 20.9 Å². The first-order valence-corrected chi connectivity index (χ1v) is 10.3. The first kappa shape index (κ1) is 24.4. The van der Waals surface area contributed by atoms with E-state index in [-0.39, 0.29) is 36.0 Å². The van der Waals surface area contributed by atoms with Crippen molar-refractivity contribution in [3.8, 4) is 0 Å². The summed E-state index contributed by atoms with van der Waals surface area (Å²) < 4.78 is 5.43. The Morgan fingerprint density at radius 2 is 2.03 bits per heavy atom. The number of anilines is 1. The van der Waals surface area contributed by atoms with Crippen molar-refractivity contribution in [2.24, 2.45) is 4.99 Å². The number of carbonyl (C=O) groups excluding carboxylic acids is 1. The number of nitrogens with zero attached hydrogens (tertiary/aromatic N) is 1. The molecule has 3 rings (SSSR count). The highest BCUT2D eigenvalue weighted by Crippen LogP contribution is 2.17. The first-order chi connectivity index (χ1) is 14.2. The number of halogens is 2. The van der Waals surface area contributed by atoms with Gasteiger partial charge in [0.2, 0.25) is 0 Å². The highest BCUT2D eigenvalue weighted by atomic mass is 127. The summed E-state index contributed by atoms with van der Waals surface area (Å²) in [6.07, 6.45) is 1.37. The maximum Gasteiger partial charge on any atom is 0.253 e. The molecule has 1 aliphatic rings. The van der Waals surface area contributed by atoms with E-state index in [0.29, 0.717) is 25.7 Å². The normalized spacial score (nSPS) is 15.9. The lowest BCUT2D eigenvalue weighted by molar-refractivity contribution is -0.124. The molecule has 0 radical (unpaired) electrons. The van der Waals surface area contributed by atoms with Gasteiger partial charge in [-0.3, -0.25) is 4.79 Å². The molecule has 0 aliphatic carbocycles. The number of amides is 1. The van der Waals surface area contributed by atoms with Crippen LogP contribution in [0, 0.1) is 0 Å². The van der Waals surface area contributed by atoms with Crippen LogP contribution in [0.4, 0.5) is 5.69 Å². The third-order valence-corrected chi connectivity index (χ3v) is 4.95. The minimum atomic E-state index is -0.342. The van der Waals surface area contributed by atoms with Crippen molar-refractivity contribution < 1.29 is 9.53 Å². The van der Waals surface area contributed by atoms with Crippen molar-refractivity contribution in [1.29, 1.82) is 0 Å². The van der Waals surface area contributed by atoms with Crippen molar-refractivity contribution in [3.63, 3.8) is 0 Å². The van der Waals surface area contributed by atoms with Crippen LogP contribution < -0.4 is 16.0 Å². The van der Waals surface area contributed by atoms with Crippen LogP contribution in [-0.2, 0) is 22.6 Å². The van der Waals surface area contributed by atoms with Crippen LogP contribution in [0.3, 0.4) is 0 Å². The molecule has 1 saturated heterocycles. The molecule has 1 atom stereocenters. The predicted molar refractivity (Wildman–Crippen MR) is 133 cm³/mol. The van der Waals surface area contributed by atoms with Crippen LogP contribution in [0.15, 0.2) is 53.5 Å². The number of guanidine groups is 1. The van der Waals surface area contributed by atoms with Crippen LogP contribution >= 0.6 is 35.6 Å². The van der Waals surface area contributed by atoms with Crippen LogP contribution in [0.5, 0.6) is 0 Å². The van der Waals surface area contributed by atoms with Gasteiger partial charge in [-0.1, -0.05) is 41.9 Å². The van der Waals surface area contributed by atoms with Gasteiger partial charge in [0, 0.05) is 30.4 Å². The molecule has 30 heavy (non-hydrogen) atoms. The lowest BCUT2D eigenvalue weighted by Gasteiger charge is -2.13. The Kier molecular flexibility index (Phi) is 10.4. The molecule has 1 heterocycles. The van der Waals surface area contributed by atoms with Crippen molar-refractivity contribution in [2.45, 2.75) is 39.0 Å². The largest absolute Gasteiger partial charge is 0.368 e. The van der Waals surface area contributed by atoms with E-state index in [4.69, 9.17) is 16.3 Å². The molecule has 3 N–H and O–H groups in total. The highest BCUT2D eigenvalue weighted by molar-refractivity contribution is 14.0. The Morgan fingerprint density at radius 1 is 1.20 bits per heavy atom. The molecular weight excluding hydrogens is 515 g/mol. The second-order valence-electron chi connectivity index (χ2n) is 6.83. The third kappa shape index (κ3) is 7.45. The number of rotatable bonds is 7. The summed E-state index contributed by atoms with van der Waals surface area (Å²) in [6.45, 7) is 4.51. The third-order valence-electron chi connectivity index (χ3n) is 4.58. The summed E-state index contributed by atoms with van der Waals surface area (Å²) in [5.74, 6) is 0.624. The number of carbonyl (C=O) groups is 1. The molecule has 0 saturated carbocycles. The Bertz CT molecular complexity index is 857. The average molecular weight is 543 g/mol. The molecular formula is C22H28ClIN4O2. The van der Waals surface area contributed by atoms with Gasteiger partial charge in [-0.2, -0.15) is 0 Å². The van der Waals surface area contributed by atoms with Crippen molar-refractivity contribution >= 4 is 53.1 Å². The average Bonchev–Trinajstić information content (AvgIpc) is 3.26. The minimum absolute atomic E-state index is 0. The SMILES string of the molecule is CCNC(=NCc1cccc(NC(=O)C2CCCO2)c1)NCc1ccccc1Cl.I. The molecule has 162 valence electrons. The molecule has 2 aromatic carbocycles. The van der Waals surface area contributed by atoms with E-state index >= 15 is 0 Å². The molecule has 0 aromatic heterocycles. The second-order valence-corrected chi connectivity index (χ2v) is 7.24. The van der Waals surface area contributed by atoms with E-state index in [1.807, 2.05) is 55.5 Å². The maximum absolute atomic E-state index is 12.2. The van der Waals surface area contributed by atoms with E-state index in [9.17, 15) is 4.79 Å². The number of benzene rings is 2. The second kappa shape index (κ2) is 12.8. The van der Waals surface area contributed by atoms with Gasteiger partial charge in [0.1, 0.15) is 6.10 Å². The number of aliphatic imine (C=N–C) groups is 1. The van der Waals surface area contributed by atoms with E-state index < -0.39 is 0 Å². The zero-order valence-electron chi connectivity index (χ0n) is 17.0. The van der Waals surface area contributed by atoms with Gasteiger partial charge in [0.15, 0.2) is 5.96 Å². The zero-order chi connectivity index (χ0) is 20.5. The van der Waals surface area contributed by atoms with Crippen LogP contribution in [0.1, 0.15) is 30.9 Å². The number of hydrogen-bond acceptors (Lipinski definition) is 3. The Labute approximate surface area is 199 Å². The fraction of sp³-hybridized carbons (Fsp3) is 0.364. The number of nitrogens with one attached hydrogen (secondary N) is 3. The van der Waals surface area contributed by atoms with Crippen molar-refractivity contribution in [1.82, 2.24) is 10.6 Å². The van der Waals surface area contributed by atoms with Gasteiger partial charge in [-0.25, -0.2) is 4.99 Å². The first-order valence-electron chi connectivity index (χ1n) is 9.92. The maximum atomic E-state index is 12.2. The van der Waals surface area contributed by atoms with Crippen LogP contribution in [-0.4, -0.2) is 31.1 Å². The Hall–Kier alpha value is -1.84. The van der Waals surface area contributed by atoms with Gasteiger partial charge >= 0.3 is 0 Å². The van der Waals surface area contributed by atoms with Gasteiger partial charge in [-0.05, 0) is 49.1 Å². The quantitative estimate of drug-likeness (QED) is 0.277. The Balaban J connectivity index is 0.00000320. The summed E-state index contributed by atoms with van der Waals surface area (Å²) in [5.41, 5.74) is 2.77.